The normalized spacial score (nSPS) is 10.4. The number of hydrogen-bond donors (Lipinski definition) is 1. The van der Waals surface area contributed by atoms with Gasteiger partial charge in [0.2, 0.25) is 0 Å². The van der Waals surface area contributed by atoms with Gasteiger partial charge in [-0.2, -0.15) is 0 Å². The van der Waals surface area contributed by atoms with Gasteiger partial charge in [0.25, 0.3) is 0 Å². The third-order valence-corrected chi connectivity index (χ3v) is 3.01. The summed E-state index contributed by atoms with van der Waals surface area (Å²) < 4.78 is 15.4. The number of benzene rings is 1. The van der Waals surface area contributed by atoms with Gasteiger partial charge in [0.05, 0.1) is 10.5 Å². The minimum absolute atomic E-state index is 0.155. The number of fused-ring (bicyclic) bond motifs is 1. The topological polar surface area (TPSA) is 60.5 Å². The molecular weight excluding hydrogens is 294 g/mol. The van der Waals surface area contributed by atoms with Crippen LogP contribution in [0.5, 0.6) is 5.88 Å². The van der Waals surface area contributed by atoms with Crippen LogP contribution in [0.3, 0.4) is 0 Å². The zero-order chi connectivity index (χ0) is 15.8. The Balaban J connectivity index is 0.00000106. The van der Waals surface area contributed by atoms with Crippen molar-refractivity contribution in [3.63, 3.8) is 0 Å². The first-order chi connectivity index (χ1) is 10.2. The van der Waals surface area contributed by atoms with Crippen LogP contribution in [0.1, 0.15) is 13.8 Å². The molecular formula is C15H20ClNO4. The Morgan fingerprint density at radius 1 is 1.24 bits per heavy atom. The molecule has 0 aliphatic rings. The van der Waals surface area contributed by atoms with Gasteiger partial charge in [0.1, 0.15) is 6.61 Å². The van der Waals surface area contributed by atoms with Crippen molar-refractivity contribution >= 4 is 22.5 Å². The Labute approximate surface area is 128 Å². The number of aromatic nitrogens is 1. The summed E-state index contributed by atoms with van der Waals surface area (Å²) in [5, 5.41) is 0.991. The van der Waals surface area contributed by atoms with E-state index in [9.17, 15) is 4.79 Å². The quantitative estimate of drug-likeness (QED) is 0.861. The summed E-state index contributed by atoms with van der Waals surface area (Å²) in [5.74, 6) is 0.324. The average Bonchev–Trinajstić information content (AvgIpc) is 2.51. The Morgan fingerprint density at radius 2 is 1.90 bits per heavy atom. The second kappa shape index (κ2) is 8.67. The molecule has 0 aliphatic heterocycles. The van der Waals surface area contributed by atoms with Crippen molar-refractivity contribution in [1.29, 1.82) is 0 Å². The maximum Gasteiger partial charge on any atom is 0.195 e. The fourth-order valence-corrected chi connectivity index (χ4v) is 1.90. The molecule has 1 heterocycles. The summed E-state index contributed by atoms with van der Waals surface area (Å²) in [6.07, 6.45) is -0.495. The molecule has 0 amide bonds. The highest BCUT2D eigenvalue weighted by Crippen LogP contribution is 2.21. The number of pyridine rings is 1. The maximum absolute atomic E-state index is 11.9. The molecule has 0 unspecified atom stereocenters. The van der Waals surface area contributed by atoms with E-state index in [0.717, 1.165) is 0 Å². The van der Waals surface area contributed by atoms with E-state index in [2.05, 4.69) is 4.98 Å². The molecule has 5 nitrogen and oxygen atoms in total. The van der Waals surface area contributed by atoms with Crippen molar-refractivity contribution in [3.8, 4) is 5.88 Å². The monoisotopic (exact) mass is 313 g/mol. The molecule has 2 aromatic rings. The summed E-state index contributed by atoms with van der Waals surface area (Å²) in [4.78, 5) is 14.9. The summed E-state index contributed by atoms with van der Waals surface area (Å²) in [7, 11) is 3.02. The molecule has 21 heavy (non-hydrogen) atoms. The minimum atomic E-state index is -0.495. The number of ether oxygens (including phenoxy) is 3. The van der Waals surface area contributed by atoms with Crippen molar-refractivity contribution in [3.05, 3.63) is 39.5 Å². The van der Waals surface area contributed by atoms with Gasteiger partial charge in [-0.25, -0.2) is 0 Å². The lowest BCUT2D eigenvalue weighted by molar-refractivity contribution is -0.122. The first-order valence-corrected chi connectivity index (χ1v) is 7.03. The number of para-hydroxylation sites is 1. The molecule has 0 spiro atoms. The van der Waals surface area contributed by atoms with E-state index in [1.54, 1.807) is 18.2 Å². The summed E-state index contributed by atoms with van der Waals surface area (Å²) >= 11 is 6.04. The largest absolute Gasteiger partial charge is 0.473 e. The lowest BCUT2D eigenvalue weighted by Crippen LogP contribution is -2.22. The number of nitrogens with one attached hydrogen (secondary N) is 1. The molecule has 0 saturated carbocycles. The highest BCUT2D eigenvalue weighted by molar-refractivity contribution is 6.35. The highest BCUT2D eigenvalue weighted by Gasteiger charge is 2.09. The summed E-state index contributed by atoms with van der Waals surface area (Å²) in [6.45, 7) is 4.17. The smallest absolute Gasteiger partial charge is 0.195 e. The molecule has 0 saturated heterocycles. The molecule has 6 heteroatoms. The number of methoxy groups -OCH3 is 2. The van der Waals surface area contributed by atoms with E-state index in [-0.39, 0.29) is 12.0 Å². The molecule has 0 atom stereocenters. The molecule has 0 bridgehead atoms. The Hall–Kier alpha value is -1.56. The van der Waals surface area contributed by atoms with E-state index < -0.39 is 6.29 Å². The van der Waals surface area contributed by atoms with Crippen molar-refractivity contribution in [2.24, 2.45) is 0 Å². The molecule has 0 aliphatic carbocycles. The summed E-state index contributed by atoms with van der Waals surface area (Å²) in [5.41, 5.74) is 0.399. The molecule has 1 aromatic heterocycles. The zero-order valence-corrected chi connectivity index (χ0v) is 13.4. The first-order valence-electron chi connectivity index (χ1n) is 6.65. The molecule has 0 fully saturated rings. The van der Waals surface area contributed by atoms with Crippen LogP contribution in [0.15, 0.2) is 29.1 Å². The van der Waals surface area contributed by atoms with E-state index in [4.69, 9.17) is 25.8 Å². The van der Waals surface area contributed by atoms with E-state index in [1.165, 1.54) is 20.3 Å². The van der Waals surface area contributed by atoms with Crippen LogP contribution in [0.25, 0.3) is 10.9 Å². The number of aromatic amines is 1. The lowest BCUT2D eigenvalue weighted by Gasteiger charge is -2.14. The van der Waals surface area contributed by atoms with E-state index in [0.29, 0.717) is 21.8 Å². The maximum atomic E-state index is 11.9. The SMILES string of the molecule is CC.COC(COc1cc(=O)c2cccc(Cl)c2[nH]1)OC. The third-order valence-electron chi connectivity index (χ3n) is 2.69. The van der Waals surface area contributed by atoms with Crippen LogP contribution in [0.2, 0.25) is 5.02 Å². The van der Waals surface area contributed by atoms with Crippen LogP contribution in [-0.4, -0.2) is 32.1 Å². The van der Waals surface area contributed by atoms with Gasteiger partial charge in [-0.15, -0.1) is 0 Å². The lowest BCUT2D eigenvalue weighted by atomic mass is 10.2. The Morgan fingerprint density at radius 3 is 2.52 bits per heavy atom. The fraction of sp³-hybridized carbons (Fsp3) is 0.400. The summed E-state index contributed by atoms with van der Waals surface area (Å²) in [6, 6.07) is 6.51. The molecule has 1 aromatic carbocycles. The van der Waals surface area contributed by atoms with Gasteiger partial charge in [-0.05, 0) is 12.1 Å². The van der Waals surface area contributed by atoms with Crippen LogP contribution >= 0.6 is 11.6 Å². The van der Waals surface area contributed by atoms with Crippen LogP contribution in [0, 0.1) is 0 Å². The zero-order valence-electron chi connectivity index (χ0n) is 12.6. The van der Waals surface area contributed by atoms with Gasteiger partial charge >= 0.3 is 0 Å². The van der Waals surface area contributed by atoms with Crippen molar-refractivity contribution in [2.45, 2.75) is 20.1 Å². The van der Waals surface area contributed by atoms with Crippen molar-refractivity contribution in [2.75, 3.05) is 20.8 Å². The van der Waals surface area contributed by atoms with Gasteiger partial charge < -0.3 is 19.2 Å². The van der Waals surface area contributed by atoms with E-state index in [1.807, 2.05) is 13.8 Å². The Kier molecular flexibility index (Phi) is 7.22. The average molecular weight is 314 g/mol. The standard InChI is InChI=1S/C13H14ClNO4.C2H6/c1-17-12(18-2)7-19-11-6-10(16)8-4-3-5-9(14)13(8)15-11;1-2/h3-6,12H,7H2,1-2H3,(H,15,16);1-2H3. The predicted octanol–water partition coefficient (Wildman–Crippen LogP) is 3.21. The van der Waals surface area contributed by atoms with Gasteiger partial charge in [-0.3, -0.25) is 4.79 Å². The van der Waals surface area contributed by atoms with Crippen molar-refractivity contribution in [1.82, 2.24) is 4.98 Å². The second-order valence-corrected chi connectivity index (χ2v) is 4.28. The second-order valence-electron chi connectivity index (χ2n) is 3.87. The number of rotatable bonds is 5. The Bertz CT molecular complexity index is 623. The number of H-pyrrole nitrogens is 1. The molecule has 2 rings (SSSR count). The molecule has 1 N–H and O–H groups in total. The number of halogens is 1. The van der Waals surface area contributed by atoms with Gasteiger partial charge in [-0.1, -0.05) is 31.5 Å². The van der Waals surface area contributed by atoms with Crippen LogP contribution in [0.4, 0.5) is 0 Å². The highest BCUT2D eigenvalue weighted by atomic mass is 35.5. The van der Waals surface area contributed by atoms with Crippen LogP contribution in [-0.2, 0) is 9.47 Å². The van der Waals surface area contributed by atoms with Crippen LogP contribution < -0.4 is 10.2 Å². The van der Waals surface area contributed by atoms with E-state index >= 15 is 0 Å². The molecule has 0 radical (unpaired) electrons. The fourth-order valence-electron chi connectivity index (χ4n) is 1.68. The van der Waals surface area contributed by atoms with Gasteiger partial charge in [0, 0.05) is 25.7 Å². The number of hydrogen-bond acceptors (Lipinski definition) is 4. The first kappa shape index (κ1) is 17.5. The third kappa shape index (κ3) is 4.46. The minimum Gasteiger partial charge on any atom is -0.473 e. The van der Waals surface area contributed by atoms with Gasteiger partial charge in [0.15, 0.2) is 17.6 Å². The van der Waals surface area contributed by atoms with Crippen molar-refractivity contribution < 1.29 is 14.2 Å². The molecule has 116 valence electrons. The predicted molar refractivity (Wildman–Crippen MR) is 84.2 cm³/mol.